The zero-order chi connectivity index (χ0) is 6.97. The van der Waals surface area contributed by atoms with Crippen LogP contribution in [0.1, 0.15) is 0 Å². The molecule has 0 bridgehead atoms. The van der Waals surface area contributed by atoms with Crippen molar-refractivity contribution in [3.05, 3.63) is 24.3 Å². The van der Waals surface area contributed by atoms with Gasteiger partial charge in [-0.2, -0.15) is 3.71 Å². The van der Waals surface area contributed by atoms with E-state index in [4.69, 9.17) is 0 Å². The van der Waals surface area contributed by atoms with Crippen molar-refractivity contribution in [2.24, 2.45) is 0 Å². The van der Waals surface area contributed by atoms with E-state index in [9.17, 15) is 0 Å². The molecule has 0 unspecified atom stereocenters. The van der Waals surface area contributed by atoms with Gasteiger partial charge in [0.2, 0.25) is 0 Å². The molecule has 1 aromatic carbocycles. The Bertz CT molecular complexity index is 224. The van der Waals surface area contributed by atoms with Crippen molar-refractivity contribution in [1.29, 1.82) is 0 Å². The maximum absolute atomic E-state index is 2.16. The van der Waals surface area contributed by atoms with Gasteiger partial charge in [0.15, 0.2) is 0 Å². The highest BCUT2D eigenvalue weighted by atomic mass is 32.2. The third-order valence-corrected chi connectivity index (χ3v) is 3.50. The SMILES string of the molecule is CN1Sc2ccccc2S1. The zero-order valence-electron chi connectivity index (χ0n) is 5.57. The molecular weight excluding hydrogens is 162 g/mol. The van der Waals surface area contributed by atoms with Crippen LogP contribution in [0.2, 0.25) is 0 Å². The van der Waals surface area contributed by atoms with Gasteiger partial charge >= 0.3 is 0 Å². The quantitative estimate of drug-likeness (QED) is 0.550. The van der Waals surface area contributed by atoms with Gasteiger partial charge in [-0.05, 0) is 36.0 Å². The summed E-state index contributed by atoms with van der Waals surface area (Å²) in [5, 5.41) is 0. The van der Waals surface area contributed by atoms with Gasteiger partial charge in [-0.25, -0.2) is 0 Å². The lowest BCUT2D eigenvalue weighted by Crippen LogP contribution is -1.87. The standard InChI is InChI=1S/C7H7NS2/c1-8-9-6-4-2-3-5-7(6)10-8/h2-5H,1H3. The van der Waals surface area contributed by atoms with Gasteiger partial charge in [-0.1, -0.05) is 12.1 Å². The maximum atomic E-state index is 2.16. The van der Waals surface area contributed by atoms with Crippen molar-refractivity contribution in [1.82, 2.24) is 3.71 Å². The second-order valence-electron chi connectivity index (χ2n) is 2.07. The predicted octanol–water partition coefficient (Wildman–Crippen LogP) is 2.65. The fraction of sp³-hybridized carbons (Fsp3) is 0.143. The van der Waals surface area contributed by atoms with Crippen LogP contribution in [0.3, 0.4) is 0 Å². The Morgan fingerprint density at radius 2 is 1.60 bits per heavy atom. The van der Waals surface area contributed by atoms with Gasteiger partial charge in [0.1, 0.15) is 0 Å². The van der Waals surface area contributed by atoms with Crippen molar-refractivity contribution in [2.45, 2.75) is 9.79 Å². The van der Waals surface area contributed by atoms with E-state index in [1.54, 1.807) is 23.9 Å². The Morgan fingerprint density at radius 3 is 2.10 bits per heavy atom. The molecule has 52 valence electrons. The molecule has 0 spiro atoms. The van der Waals surface area contributed by atoms with Crippen molar-refractivity contribution in [2.75, 3.05) is 7.05 Å². The number of hydrogen-bond donors (Lipinski definition) is 0. The first-order valence-electron chi connectivity index (χ1n) is 3.05. The van der Waals surface area contributed by atoms with Crippen LogP contribution in [0.4, 0.5) is 0 Å². The van der Waals surface area contributed by atoms with E-state index in [1.807, 2.05) is 0 Å². The summed E-state index contributed by atoms with van der Waals surface area (Å²) in [4.78, 5) is 2.74. The minimum atomic E-state index is 1.37. The van der Waals surface area contributed by atoms with E-state index < -0.39 is 0 Å². The second-order valence-corrected chi connectivity index (χ2v) is 4.64. The summed E-state index contributed by atoms with van der Waals surface area (Å²) < 4.78 is 2.16. The molecule has 0 saturated heterocycles. The van der Waals surface area contributed by atoms with E-state index >= 15 is 0 Å². The topological polar surface area (TPSA) is 3.24 Å². The fourth-order valence-corrected chi connectivity index (χ4v) is 2.90. The average molecular weight is 169 g/mol. The third-order valence-electron chi connectivity index (χ3n) is 1.30. The molecule has 1 nitrogen and oxygen atoms in total. The first-order valence-corrected chi connectivity index (χ1v) is 4.59. The molecule has 0 fully saturated rings. The first-order chi connectivity index (χ1) is 4.86. The Labute approximate surface area is 69.1 Å². The van der Waals surface area contributed by atoms with Crippen molar-refractivity contribution < 1.29 is 0 Å². The average Bonchev–Trinajstić information content (AvgIpc) is 2.27. The minimum absolute atomic E-state index is 1.37. The number of fused-ring (bicyclic) bond motifs is 1. The molecule has 0 atom stereocenters. The van der Waals surface area contributed by atoms with Crippen LogP contribution < -0.4 is 0 Å². The molecule has 0 amide bonds. The molecule has 1 aliphatic heterocycles. The number of nitrogens with zero attached hydrogens (tertiary/aromatic N) is 1. The van der Waals surface area contributed by atoms with E-state index in [2.05, 4.69) is 35.0 Å². The molecular formula is C7H7NS2. The fourth-order valence-electron chi connectivity index (χ4n) is 0.897. The lowest BCUT2D eigenvalue weighted by molar-refractivity contribution is 0.959. The third kappa shape index (κ3) is 1.05. The first kappa shape index (κ1) is 6.58. The Balaban J connectivity index is 2.42. The summed E-state index contributed by atoms with van der Waals surface area (Å²) >= 11 is 3.57. The van der Waals surface area contributed by atoms with Gasteiger partial charge in [-0.3, -0.25) is 0 Å². The van der Waals surface area contributed by atoms with Gasteiger partial charge < -0.3 is 0 Å². The summed E-state index contributed by atoms with van der Waals surface area (Å²) in [6.07, 6.45) is 0. The van der Waals surface area contributed by atoms with Gasteiger partial charge in [-0.15, -0.1) is 0 Å². The molecule has 3 heteroatoms. The maximum Gasteiger partial charge on any atom is 0.0388 e. The second kappa shape index (κ2) is 2.49. The van der Waals surface area contributed by atoms with Crippen LogP contribution in [0.5, 0.6) is 0 Å². The van der Waals surface area contributed by atoms with Gasteiger partial charge in [0.25, 0.3) is 0 Å². The van der Waals surface area contributed by atoms with E-state index in [1.165, 1.54) is 9.79 Å². The smallest absolute Gasteiger partial charge is 0.0388 e. The summed E-state index contributed by atoms with van der Waals surface area (Å²) in [6, 6.07) is 8.45. The van der Waals surface area contributed by atoms with Gasteiger partial charge in [0, 0.05) is 16.8 Å². The van der Waals surface area contributed by atoms with Crippen LogP contribution in [-0.4, -0.2) is 10.8 Å². The molecule has 10 heavy (non-hydrogen) atoms. The lowest BCUT2D eigenvalue weighted by Gasteiger charge is -1.98. The molecule has 2 rings (SSSR count). The van der Waals surface area contributed by atoms with E-state index in [-0.39, 0.29) is 0 Å². The number of rotatable bonds is 0. The highest BCUT2D eigenvalue weighted by Crippen LogP contribution is 2.44. The molecule has 0 saturated carbocycles. The zero-order valence-corrected chi connectivity index (χ0v) is 7.21. The van der Waals surface area contributed by atoms with E-state index in [0.29, 0.717) is 0 Å². The number of benzene rings is 1. The molecule has 1 heterocycles. The Morgan fingerprint density at radius 1 is 1.10 bits per heavy atom. The van der Waals surface area contributed by atoms with Crippen LogP contribution >= 0.6 is 23.9 Å². The minimum Gasteiger partial charge on any atom is -0.189 e. The highest BCUT2D eigenvalue weighted by Gasteiger charge is 2.15. The summed E-state index contributed by atoms with van der Waals surface area (Å²) in [7, 11) is 2.08. The van der Waals surface area contributed by atoms with Gasteiger partial charge in [0.05, 0.1) is 0 Å². The van der Waals surface area contributed by atoms with E-state index in [0.717, 1.165) is 0 Å². The summed E-state index contributed by atoms with van der Waals surface area (Å²) in [5.74, 6) is 0. The molecule has 0 aliphatic carbocycles. The molecule has 1 aliphatic rings. The largest absolute Gasteiger partial charge is 0.189 e. The molecule has 0 aromatic heterocycles. The lowest BCUT2D eigenvalue weighted by atomic mass is 10.4. The normalized spacial score (nSPS) is 17.3. The predicted molar refractivity (Wildman–Crippen MR) is 45.9 cm³/mol. The summed E-state index contributed by atoms with van der Waals surface area (Å²) in [6.45, 7) is 0. The van der Waals surface area contributed by atoms with Crippen molar-refractivity contribution in [3.63, 3.8) is 0 Å². The summed E-state index contributed by atoms with van der Waals surface area (Å²) in [5.41, 5.74) is 0. The van der Waals surface area contributed by atoms with Crippen LogP contribution in [-0.2, 0) is 0 Å². The van der Waals surface area contributed by atoms with Crippen LogP contribution in [0, 0.1) is 0 Å². The molecule has 1 aromatic rings. The van der Waals surface area contributed by atoms with Crippen molar-refractivity contribution in [3.8, 4) is 0 Å². The van der Waals surface area contributed by atoms with Crippen LogP contribution in [0.25, 0.3) is 0 Å². The monoisotopic (exact) mass is 169 g/mol. The Kier molecular flexibility index (Phi) is 1.64. The molecule has 0 N–H and O–H groups in total. The van der Waals surface area contributed by atoms with Crippen molar-refractivity contribution >= 4 is 23.9 Å². The Hall–Kier alpha value is -0.120. The number of hydrogen-bond acceptors (Lipinski definition) is 3. The van der Waals surface area contributed by atoms with Crippen LogP contribution in [0.15, 0.2) is 34.1 Å². The molecule has 0 radical (unpaired) electrons. The highest BCUT2D eigenvalue weighted by molar-refractivity contribution is 8.14.